The van der Waals surface area contributed by atoms with Crippen molar-refractivity contribution in [1.29, 1.82) is 0 Å². The van der Waals surface area contributed by atoms with Crippen LogP contribution in [0, 0.1) is 0 Å². The van der Waals surface area contributed by atoms with Crippen LogP contribution in [0.1, 0.15) is 64.7 Å². The first-order valence-electron chi connectivity index (χ1n) is 12.4. The molecule has 0 saturated carbocycles. The first-order valence-corrected chi connectivity index (χ1v) is 14.5. The molecule has 1 aliphatic carbocycles. The molecule has 0 amide bonds. The number of methoxy groups -OCH3 is 2. The Labute approximate surface area is 224 Å². The van der Waals surface area contributed by atoms with Crippen LogP contribution in [0.3, 0.4) is 0 Å². The molecule has 0 saturated heterocycles. The lowest BCUT2D eigenvalue weighted by atomic mass is 9.89. The summed E-state index contributed by atoms with van der Waals surface area (Å²) < 4.78 is 15.6. The number of carbonyl (C=O) groups excluding carboxylic acids is 3. The molecule has 0 radical (unpaired) electrons. The predicted octanol–water partition coefficient (Wildman–Crippen LogP) is 6.23. The number of rotatable bonds is 14. The number of unbranched alkanes of at least 4 members (excludes halogenated alkanes) is 6. The summed E-state index contributed by atoms with van der Waals surface area (Å²) in [6.07, 6.45) is 7.52. The molecule has 0 atom stereocenters. The fraction of sp³-hybridized carbons (Fsp3) is 0.429. The standard InChI is InChI=1S/C28H32O7S2/c1-18-21(26(32)28(34-3)27(33-2)25(18)31)11-9-7-5-4-6-8-10-12-23(29)35-20-15-13-19(14-16-20)22-17-24(30)37-36-22/h13-17H,4-12H2,1-3H3. The Bertz CT molecular complexity index is 1230. The van der Waals surface area contributed by atoms with E-state index in [1.165, 1.54) is 34.9 Å². The molecule has 0 unspecified atom stereocenters. The average Bonchev–Trinajstić information content (AvgIpc) is 3.33. The first-order chi connectivity index (χ1) is 17.8. The number of hydrogen-bond donors (Lipinski definition) is 0. The number of benzene rings is 1. The summed E-state index contributed by atoms with van der Waals surface area (Å²) in [6.45, 7) is 1.66. The number of ether oxygens (including phenoxy) is 3. The van der Waals surface area contributed by atoms with E-state index in [0.717, 1.165) is 55.4 Å². The van der Waals surface area contributed by atoms with Crippen LogP contribution >= 0.6 is 20.7 Å². The second-order valence-electron chi connectivity index (χ2n) is 8.80. The van der Waals surface area contributed by atoms with Gasteiger partial charge in [-0.1, -0.05) is 42.4 Å². The van der Waals surface area contributed by atoms with Crippen LogP contribution in [-0.4, -0.2) is 31.8 Å². The third-order valence-corrected chi connectivity index (χ3v) is 8.42. The molecule has 7 nitrogen and oxygen atoms in total. The lowest BCUT2D eigenvalue weighted by Crippen LogP contribution is -2.25. The number of allylic oxidation sites excluding steroid dienone is 2. The Hall–Kier alpha value is -3.04. The van der Waals surface area contributed by atoms with Crippen molar-refractivity contribution in [3.63, 3.8) is 0 Å². The SMILES string of the molecule is COC1=C(OC)C(=O)C(CCCCCCCCCC(=O)Oc2ccc(-c3cc(=O)ss3)cc2)=C(C)C1=O. The quantitative estimate of drug-likeness (QED) is 0.0915. The molecule has 0 spiro atoms. The van der Waals surface area contributed by atoms with E-state index in [2.05, 4.69) is 0 Å². The highest BCUT2D eigenvalue weighted by molar-refractivity contribution is 7.69. The van der Waals surface area contributed by atoms with Gasteiger partial charge < -0.3 is 14.2 Å². The summed E-state index contributed by atoms with van der Waals surface area (Å²) in [4.78, 5) is 49.4. The summed E-state index contributed by atoms with van der Waals surface area (Å²) in [7, 11) is 5.37. The summed E-state index contributed by atoms with van der Waals surface area (Å²) in [5.41, 5.74) is 1.89. The number of ketones is 2. The molecule has 9 heteroatoms. The van der Waals surface area contributed by atoms with Crippen LogP contribution in [0.4, 0.5) is 0 Å². The molecule has 0 aliphatic heterocycles. The minimum absolute atomic E-state index is 0.0126. The maximum atomic E-state index is 12.6. The largest absolute Gasteiger partial charge is 0.489 e. The van der Waals surface area contributed by atoms with Gasteiger partial charge >= 0.3 is 5.97 Å². The van der Waals surface area contributed by atoms with Crippen molar-refractivity contribution in [1.82, 2.24) is 0 Å². The lowest BCUT2D eigenvalue weighted by Gasteiger charge is -2.20. The zero-order chi connectivity index (χ0) is 26.8. The molecular weight excluding hydrogens is 512 g/mol. The smallest absolute Gasteiger partial charge is 0.311 e. The van der Waals surface area contributed by atoms with Gasteiger partial charge in [-0.15, -0.1) is 0 Å². The fourth-order valence-electron chi connectivity index (χ4n) is 4.19. The Morgan fingerprint density at radius 1 is 0.784 bits per heavy atom. The normalized spacial score (nSPS) is 13.8. The van der Waals surface area contributed by atoms with Gasteiger partial charge in [-0.2, -0.15) is 0 Å². The molecule has 1 aromatic heterocycles. The van der Waals surface area contributed by atoms with Gasteiger partial charge in [0.15, 0.2) is 0 Å². The average molecular weight is 545 g/mol. The minimum Gasteiger partial charge on any atom is -0.489 e. The van der Waals surface area contributed by atoms with Gasteiger partial charge in [0, 0.05) is 28.5 Å². The highest BCUT2D eigenvalue weighted by Crippen LogP contribution is 2.29. The Morgan fingerprint density at radius 2 is 1.38 bits per heavy atom. The zero-order valence-corrected chi connectivity index (χ0v) is 23.1. The Kier molecular flexibility index (Phi) is 10.8. The molecule has 1 aliphatic rings. The molecule has 1 aromatic carbocycles. The van der Waals surface area contributed by atoms with Crippen molar-refractivity contribution in [2.75, 3.05) is 14.2 Å². The second-order valence-corrected chi connectivity index (χ2v) is 11.0. The fourth-order valence-corrected chi connectivity index (χ4v) is 6.08. The number of carbonyl (C=O) groups is 3. The van der Waals surface area contributed by atoms with Crippen LogP contribution in [0.2, 0.25) is 0 Å². The van der Waals surface area contributed by atoms with Crippen molar-refractivity contribution in [3.8, 4) is 16.2 Å². The van der Waals surface area contributed by atoms with Crippen LogP contribution in [-0.2, 0) is 23.9 Å². The van der Waals surface area contributed by atoms with E-state index in [9.17, 15) is 19.2 Å². The van der Waals surface area contributed by atoms with Crippen molar-refractivity contribution >= 4 is 38.2 Å². The highest BCUT2D eigenvalue weighted by atomic mass is 32.9. The molecule has 0 fully saturated rings. The second kappa shape index (κ2) is 14.0. The predicted molar refractivity (Wildman–Crippen MR) is 145 cm³/mol. The van der Waals surface area contributed by atoms with Gasteiger partial charge in [0.2, 0.25) is 27.8 Å². The number of esters is 1. The van der Waals surface area contributed by atoms with Crippen molar-refractivity contribution in [2.45, 2.75) is 64.7 Å². The van der Waals surface area contributed by atoms with E-state index >= 15 is 0 Å². The van der Waals surface area contributed by atoms with Gasteiger partial charge in [0.1, 0.15) is 5.75 Å². The summed E-state index contributed by atoms with van der Waals surface area (Å²) >= 11 is 0. The van der Waals surface area contributed by atoms with Crippen LogP contribution in [0.5, 0.6) is 5.75 Å². The summed E-state index contributed by atoms with van der Waals surface area (Å²) in [5, 5.41) is 0. The number of Topliss-reactive ketones (excluding diaryl/α,β-unsaturated/α-hetero) is 2. The highest BCUT2D eigenvalue weighted by Gasteiger charge is 2.34. The summed E-state index contributed by atoms with van der Waals surface area (Å²) in [6, 6.07) is 8.81. The number of hydrogen-bond acceptors (Lipinski definition) is 9. The van der Waals surface area contributed by atoms with Crippen LogP contribution in [0.15, 0.2) is 57.8 Å². The topological polar surface area (TPSA) is 96.0 Å². The van der Waals surface area contributed by atoms with E-state index < -0.39 is 0 Å². The van der Waals surface area contributed by atoms with Crippen molar-refractivity contribution in [2.24, 2.45) is 0 Å². The maximum absolute atomic E-state index is 12.6. The van der Waals surface area contributed by atoms with Gasteiger partial charge in [0.05, 0.1) is 14.2 Å². The van der Waals surface area contributed by atoms with Gasteiger partial charge in [-0.3, -0.25) is 19.2 Å². The minimum atomic E-state index is -0.290. The molecule has 2 aromatic rings. The molecule has 0 N–H and O–H groups in total. The molecule has 37 heavy (non-hydrogen) atoms. The van der Waals surface area contributed by atoms with E-state index in [1.54, 1.807) is 25.1 Å². The van der Waals surface area contributed by atoms with Crippen LogP contribution in [0.25, 0.3) is 10.4 Å². The summed E-state index contributed by atoms with van der Waals surface area (Å²) in [5.74, 6) is -0.329. The van der Waals surface area contributed by atoms with Gasteiger partial charge in [-0.25, -0.2) is 0 Å². The Morgan fingerprint density at radius 3 is 1.97 bits per heavy atom. The molecular formula is C28H32O7S2. The van der Waals surface area contributed by atoms with E-state index in [1.807, 2.05) is 12.1 Å². The lowest BCUT2D eigenvalue weighted by molar-refractivity contribution is -0.134. The van der Waals surface area contributed by atoms with Gasteiger partial charge in [-0.05, 0) is 66.4 Å². The molecule has 198 valence electrons. The third kappa shape index (κ3) is 7.72. The third-order valence-electron chi connectivity index (χ3n) is 6.24. The Balaban J connectivity index is 1.27. The van der Waals surface area contributed by atoms with E-state index in [-0.39, 0.29) is 33.8 Å². The monoisotopic (exact) mass is 544 g/mol. The van der Waals surface area contributed by atoms with E-state index in [4.69, 9.17) is 14.2 Å². The molecule has 3 rings (SSSR count). The van der Waals surface area contributed by atoms with Crippen molar-refractivity contribution in [3.05, 3.63) is 62.5 Å². The molecule has 0 bridgehead atoms. The van der Waals surface area contributed by atoms with Crippen LogP contribution < -0.4 is 9.48 Å². The maximum Gasteiger partial charge on any atom is 0.311 e. The van der Waals surface area contributed by atoms with Gasteiger partial charge in [0.25, 0.3) is 0 Å². The zero-order valence-electron chi connectivity index (χ0n) is 21.4. The van der Waals surface area contributed by atoms with Crippen molar-refractivity contribution < 1.29 is 28.6 Å². The first kappa shape index (κ1) is 28.5. The molecule has 1 heterocycles. The van der Waals surface area contributed by atoms with E-state index in [0.29, 0.717) is 29.7 Å².